The number of aryl methyl sites for hydroxylation is 1. The van der Waals surface area contributed by atoms with Crippen LogP contribution in [0.1, 0.15) is 18.1 Å². The van der Waals surface area contributed by atoms with E-state index in [4.69, 9.17) is 9.84 Å². The summed E-state index contributed by atoms with van der Waals surface area (Å²) in [6, 6.07) is 18.3. The minimum atomic E-state index is -0.926. The first-order valence-corrected chi connectivity index (χ1v) is 9.40. The molecule has 0 heterocycles. The highest BCUT2D eigenvalue weighted by Gasteiger charge is 2.15. The quantitative estimate of drug-likeness (QED) is 0.544. The van der Waals surface area contributed by atoms with E-state index in [0.717, 1.165) is 21.9 Å². The van der Waals surface area contributed by atoms with Gasteiger partial charge in [0.15, 0.2) is 6.61 Å². The molecule has 3 aromatic rings. The monoisotopic (exact) mass is 392 g/mol. The highest BCUT2D eigenvalue weighted by molar-refractivity contribution is 5.92. The third-order valence-electron chi connectivity index (χ3n) is 4.65. The van der Waals surface area contributed by atoms with Crippen molar-refractivity contribution < 1.29 is 19.4 Å². The normalized spacial score (nSPS) is 11.8. The van der Waals surface area contributed by atoms with Gasteiger partial charge in [-0.05, 0) is 42.8 Å². The van der Waals surface area contributed by atoms with Crippen molar-refractivity contribution in [2.45, 2.75) is 26.4 Å². The maximum Gasteiger partial charge on any atom is 0.320 e. The van der Waals surface area contributed by atoms with Gasteiger partial charge >= 0.3 is 5.97 Å². The fraction of sp³-hybridized carbons (Fsp3) is 0.217. The first kappa shape index (κ1) is 20.4. The molecule has 0 radical (unpaired) electrons. The summed E-state index contributed by atoms with van der Waals surface area (Å²) >= 11 is 0. The van der Waals surface area contributed by atoms with Crippen LogP contribution in [0.2, 0.25) is 0 Å². The molecule has 0 aliphatic rings. The van der Waals surface area contributed by atoms with Crippen LogP contribution >= 0.6 is 0 Å². The fourth-order valence-corrected chi connectivity index (χ4v) is 2.95. The largest absolute Gasteiger partial charge is 0.483 e. The Morgan fingerprint density at radius 3 is 2.48 bits per heavy atom. The molecule has 0 bridgehead atoms. The number of nitrogens with one attached hydrogen (secondary N) is 2. The van der Waals surface area contributed by atoms with E-state index in [1.165, 1.54) is 0 Å². The minimum absolute atomic E-state index is 0.145. The molecule has 6 nitrogen and oxygen atoms in total. The molecular formula is C23H24N2O4. The van der Waals surface area contributed by atoms with Crippen molar-refractivity contribution >= 4 is 28.3 Å². The lowest BCUT2D eigenvalue weighted by atomic mass is 10.0. The van der Waals surface area contributed by atoms with Gasteiger partial charge in [-0.15, -0.1) is 0 Å². The van der Waals surface area contributed by atoms with Gasteiger partial charge in [0.05, 0.1) is 0 Å². The number of carbonyl (C=O) groups is 2. The molecule has 0 fully saturated rings. The number of anilines is 1. The second kappa shape index (κ2) is 9.21. The van der Waals surface area contributed by atoms with E-state index >= 15 is 0 Å². The van der Waals surface area contributed by atoms with Crippen LogP contribution in [0.4, 0.5) is 5.69 Å². The first-order valence-electron chi connectivity index (χ1n) is 9.40. The van der Waals surface area contributed by atoms with E-state index in [-0.39, 0.29) is 12.5 Å². The van der Waals surface area contributed by atoms with Crippen LogP contribution in [0.15, 0.2) is 60.7 Å². The topological polar surface area (TPSA) is 87.7 Å². The summed E-state index contributed by atoms with van der Waals surface area (Å²) in [5, 5.41) is 16.9. The molecule has 1 atom stereocenters. The second-order valence-corrected chi connectivity index (χ2v) is 6.91. The Kier molecular flexibility index (Phi) is 6.46. The number of aliphatic carboxylic acids is 1. The molecule has 3 rings (SSSR count). The lowest BCUT2D eigenvalue weighted by molar-refractivity contribution is -0.139. The van der Waals surface area contributed by atoms with Crippen LogP contribution in [0.25, 0.3) is 10.8 Å². The van der Waals surface area contributed by atoms with E-state index < -0.39 is 12.0 Å². The zero-order valence-electron chi connectivity index (χ0n) is 16.4. The Morgan fingerprint density at radius 2 is 1.76 bits per heavy atom. The predicted molar refractivity (Wildman–Crippen MR) is 113 cm³/mol. The molecule has 0 aromatic heterocycles. The van der Waals surface area contributed by atoms with Gasteiger partial charge < -0.3 is 20.5 Å². The van der Waals surface area contributed by atoms with Crippen LogP contribution < -0.4 is 15.4 Å². The Morgan fingerprint density at radius 1 is 1.03 bits per heavy atom. The van der Waals surface area contributed by atoms with Crippen molar-refractivity contribution in [1.82, 2.24) is 5.32 Å². The number of rotatable bonds is 8. The van der Waals surface area contributed by atoms with Crippen molar-refractivity contribution in [2.75, 3.05) is 11.9 Å². The Labute approximate surface area is 169 Å². The number of hydrogen-bond donors (Lipinski definition) is 3. The molecule has 3 N–H and O–H groups in total. The zero-order chi connectivity index (χ0) is 20.8. The molecule has 0 aliphatic carbocycles. The van der Waals surface area contributed by atoms with Crippen molar-refractivity contribution in [2.24, 2.45) is 0 Å². The smallest absolute Gasteiger partial charge is 0.320 e. The number of amides is 1. The fourth-order valence-electron chi connectivity index (χ4n) is 2.95. The standard InChI is InChI=1S/C23H24N2O4/c1-15-7-10-18(11-8-15)25-22(26)14-29-21-12-9-17-5-3-4-6-19(17)20(21)13-24-16(2)23(27)28/h3-12,16,24H,13-14H2,1-2H3,(H,25,26)(H,27,28). The van der Waals surface area contributed by atoms with Crippen molar-refractivity contribution in [1.29, 1.82) is 0 Å². The average Bonchev–Trinajstić information content (AvgIpc) is 2.72. The van der Waals surface area contributed by atoms with Gasteiger partial charge in [-0.1, -0.05) is 48.0 Å². The number of carboxylic acid groups (broad SMARTS) is 1. The molecule has 0 saturated carbocycles. The van der Waals surface area contributed by atoms with Crippen LogP contribution in [0.3, 0.4) is 0 Å². The second-order valence-electron chi connectivity index (χ2n) is 6.91. The first-order chi connectivity index (χ1) is 13.9. The highest BCUT2D eigenvalue weighted by Crippen LogP contribution is 2.28. The Balaban J connectivity index is 1.75. The number of ether oxygens (including phenoxy) is 1. The lowest BCUT2D eigenvalue weighted by Gasteiger charge is -2.16. The third-order valence-corrected chi connectivity index (χ3v) is 4.65. The SMILES string of the molecule is Cc1ccc(NC(=O)COc2ccc3ccccc3c2CNC(C)C(=O)O)cc1. The van der Waals surface area contributed by atoms with Crippen LogP contribution in [-0.2, 0) is 16.1 Å². The van der Waals surface area contributed by atoms with Crippen LogP contribution in [0.5, 0.6) is 5.75 Å². The minimum Gasteiger partial charge on any atom is -0.483 e. The predicted octanol–water partition coefficient (Wildman–Crippen LogP) is 3.73. The number of benzene rings is 3. The molecule has 6 heteroatoms. The molecule has 1 amide bonds. The summed E-state index contributed by atoms with van der Waals surface area (Å²) in [4.78, 5) is 23.4. The lowest BCUT2D eigenvalue weighted by Crippen LogP contribution is -2.33. The molecule has 0 saturated heterocycles. The van der Waals surface area contributed by atoms with E-state index in [1.807, 2.05) is 67.6 Å². The molecular weight excluding hydrogens is 368 g/mol. The highest BCUT2D eigenvalue weighted by atomic mass is 16.5. The molecule has 29 heavy (non-hydrogen) atoms. The summed E-state index contributed by atoms with van der Waals surface area (Å²) in [6.07, 6.45) is 0. The average molecular weight is 392 g/mol. The molecule has 3 aromatic carbocycles. The summed E-state index contributed by atoms with van der Waals surface area (Å²) in [5.41, 5.74) is 2.64. The molecule has 0 spiro atoms. The maximum atomic E-state index is 12.3. The summed E-state index contributed by atoms with van der Waals surface area (Å²) < 4.78 is 5.80. The van der Waals surface area contributed by atoms with Gasteiger partial charge in [0, 0.05) is 17.8 Å². The number of carboxylic acids is 1. The summed E-state index contributed by atoms with van der Waals surface area (Å²) in [7, 11) is 0. The number of fused-ring (bicyclic) bond motifs is 1. The number of carbonyl (C=O) groups excluding carboxylic acids is 1. The van der Waals surface area contributed by atoms with Gasteiger partial charge in [0.1, 0.15) is 11.8 Å². The molecule has 150 valence electrons. The van der Waals surface area contributed by atoms with Crippen molar-refractivity contribution in [3.8, 4) is 5.75 Å². The molecule has 0 aliphatic heterocycles. The van der Waals surface area contributed by atoms with Crippen LogP contribution in [-0.4, -0.2) is 29.6 Å². The summed E-state index contributed by atoms with van der Waals surface area (Å²) in [5.74, 6) is -0.641. The van der Waals surface area contributed by atoms with E-state index in [9.17, 15) is 9.59 Å². The van der Waals surface area contributed by atoms with Gasteiger partial charge in [0.2, 0.25) is 0 Å². The van der Waals surface area contributed by atoms with E-state index in [1.54, 1.807) is 6.92 Å². The Bertz CT molecular complexity index is 1020. The van der Waals surface area contributed by atoms with Crippen molar-refractivity contribution in [3.63, 3.8) is 0 Å². The van der Waals surface area contributed by atoms with Gasteiger partial charge in [0.25, 0.3) is 5.91 Å². The van der Waals surface area contributed by atoms with Gasteiger partial charge in [-0.25, -0.2) is 0 Å². The number of hydrogen-bond acceptors (Lipinski definition) is 4. The maximum absolute atomic E-state index is 12.3. The van der Waals surface area contributed by atoms with E-state index in [0.29, 0.717) is 18.0 Å². The molecule has 1 unspecified atom stereocenters. The summed E-state index contributed by atoms with van der Waals surface area (Å²) in [6.45, 7) is 3.73. The zero-order valence-corrected chi connectivity index (χ0v) is 16.4. The van der Waals surface area contributed by atoms with Crippen LogP contribution in [0, 0.1) is 6.92 Å². The van der Waals surface area contributed by atoms with Crippen molar-refractivity contribution in [3.05, 3.63) is 71.8 Å². The Hall–Kier alpha value is -3.38. The van der Waals surface area contributed by atoms with Gasteiger partial charge in [-0.2, -0.15) is 0 Å². The van der Waals surface area contributed by atoms with Gasteiger partial charge in [-0.3, -0.25) is 9.59 Å². The third kappa shape index (κ3) is 5.33. The van der Waals surface area contributed by atoms with E-state index in [2.05, 4.69) is 10.6 Å².